The van der Waals surface area contributed by atoms with E-state index in [-0.39, 0.29) is 6.04 Å². The lowest BCUT2D eigenvalue weighted by atomic mass is 10.3. The smallest absolute Gasteiger partial charge is 0.328 e. The van der Waals surface area contributed by atoms with E-state index in [0.29, 0.717) is 19.8 Å². The molecule has 4 N–H and O–H groups in total. The molecule has 0 bridgehead atoms. The summed E-state index contributed by atoms with van der Waals surface area (Å²) in [7, 11) is 0. The third-order valence-corrected chi connectivity index (χ3v) is 2.80. The van der Waals surface area contributed by atoms with Gasteiger partial charge in [0.05, 0.1) is 19.8 Å². The first kappa shape index (κ1) is 15.7. The lowest BCUT2D eigenvalue weighted by molar-refractivity contribution is -0.140. The highest BCUT2D eigenvalue weighted by molar-refractivity contribution is 5.82. The number of carboxylic acid groups (broad SMARTS) is 1. The largest absolute Gasteiger partial charge is 0.480 e. The van der Waals surface area contributed by atoms with Gasteiger partial charge in [0.15, 0.2) is 6.04 Å². The van der Waals surface area contributed by atoms with Crippen LogP contribution in [0.3, 0.4) is 0 Å². The number of amides is 2. The first-order valence-electron chi connectivity index (χ1n) is 6.23. The topological polar surface area (TPSA) is 111 Å². The quantitative estimate of drug-likeness (QED) is 0.467. The maximum atomic E-state index is 11.5. The molecule has 1 aliphatic heterocycles. The number of urea groups is 1. The molecule has 0 saturated carbocycles. The summed E-state index contributed by atoms with van der Waals surface area (Å²) in [6, 6.07) is -2.00. The molecule has 110 valence electrons. The zero-order valence-corrected chi connectivity index (χ0v) is 11.0. The summed E-state index contributed by atoms with van der Waals surface area (Å²) >= 11 is 0. The summed E-state index contributed by atoms with van der Waals surface area (Å²) in [5.41, 5.74) is 0. The zero-order chi connectivity index (χ0) is 14.3. The summed E-state index contributed by atoms with van der Waals surface area (Å²) in [6.07, 6.45) is 0. The highest BCUT2D eigenvalue weighted by Gasteiger charge is 2.20. The fraction of sp³-hybridized carbons (Fsp3) is 0.818. The van der Waals surface area contributed by atoms with Crippen molar-refractivity contribution >= 4 is 12.0 Å². The van der Waals surface area contributed by atoms with Crippen molar-refractivity contribution in [3.8, 4) is 0 Å². The average Bonchev–Trinajstić information content (AvgIpc) is 2.36. The molecule has 0 aromatic heterocycles. The molecule has 0 radical (unpaired) electrons. The van der Waals surface area contributed by atoms with Crippen LogP contribution in [0, 0.1) is 0 Å². The van der Waals surface area contributed by atoms with Crippen molar-refractivity contribution in [3.05, 3.63) is 0 Å². The number of carboxylic acids is 1. The van der Waals surface area contributed by atoms with Crippen molar-refractivity contribution in [2.45, 2.75) is 19.0 Å². The van der Waals surface area contributed by atoms with Gasteiger partial charge < -0.3 is 25.6 Å². The Labute approximate surface area is 111 Å². The molecule has 1 heterocycles. The van der Waals surface area contributed by atoms with Gasteiger partial charge in [-0.3, -0.25) is 4.90 Å². The van der Waals surface area contributed by atoms with E-state index in [1.165, 1.54) is 0 Å². The van der Waals surface area contributed by atoms with Crippen molar-refractivity contribution < 1.29 is 24.5 Å². The van der Waals surface area contributed by atoms with Crippen LogP contribution in [-0.4, -0.2) is 78.7 Å². The Balaban J connectivity index is 2.28. The number of morpholine rings is 1. The minimum Gasteiger partial charge on any atom is -0.480 e. The maximum absolute atomic E-state index is 11.5. The monoisotopic (exact) mass is 275 g/mol. The van der Waals surface area contributed by atoms with E-state index in [2.05, 4.69) is 15.5 Å². The highest BCUT2D eigenvalue weighted by atomic mass is 16.5. The van der Waals surface area contributed by atoms with Crippen LogP contribution in [-0.2, 0) is 9.53 Å². The second-order valence-corrected chi connectivity index (χ2v) is 4.51. The second-order valence-electron chi connectivity index (χ2n) is 4.51. The van der Waals surface area contributed by atoms with Crippen molar-refractivity contribution in [2.75, 3.05) is 39.5 Å². The number of nitrogens with zero attached hydrogens (tertiary/aromatic N) is 1. The summed E-state index contributed by atoms with van der Waals surface area (Å²) in [6.45, 7) is 4.89. The Morgan fingerprint density at radius 1 is 1.32 bits per heavy atom. The molecule has 1 rings (SSSR count). The van der Waals surface area contributed by atoms with Crippen molar-refractivity contribution in [2.24, 2.45) is 0 Å². The van der Waals surface area contributed by atoms with E-state index < -0.39 is 24.6 Å². The fourth-order valence-corrected chi connectivity index (χ4v) is 1.83. The van der Waals surface area contributed by atoms with Gasteiger partial charge in [-0.05, 0) is 6.92 Å². The number of hydrogen-bond donors (Lipinski definition) is 4. The van der Waals surface area contributed by atoms with Gasteiger partial charge in [0.1, 0.15) is 0 Å². The van der Waals surface area contributed by atoms with Crippen molar-refractivity contribution in [1.29, 1.82) is 0 Å². The lowest BCUT2D eigenvalue weighted by Gasteiger charge is -2.29. The molecule has 0 aromatic rings. The number of carbonyl (C=O) groups is 2. The number of aliphatic hydroxyl groups excluding tert-OH is 1. The fourth-order valence-electron chi connectivity index (χ4n) is 1.83. The summed E-state index contributed by atoms with van der Waals surface area (Å²) < 4.78 is 5.22. The normalized spacial score (nSPS) is 19.5. The molecule has 2 atom stereocenters. The van der Waals surface area contributed by atoms with Crippen LogP contribution < -0.4 is 10.6 Å². The molecule has 0 aromatic carbocycles. The number of nitrogens with one attached hydrogen (secondary N) is 2. The van der Waals surface area contributed by atoms with Crippen LogP contribution in [0.4, 0.5) is 4.79 Å². The first-order chi connectivity index (χ1) is 9.02. The van der Waals surface area contributed by atoms with Gasteiger partial charge in [-0.25, -0.2) is 9.59 Å². The van der Waals surface area contributed by atoms with E-state index in [9.17, 15) is 9.59 Å². The van der Waals surface area contributed by atoms with Crippen molar-refractivity contribution in [3.63, 3.8) is 0 Å². The van der Waals surface area contributed by atoms with Gasteiger partial charge in [-0.2, -0.15) is 0 Å². The zero-order valence-electron chi connectivity index (χ0n) is 11.0. The molecular weight excluding hydrogens is 254 g/mol. The number of carbonyl (C=O) groups excluding carboxylic acids is 1. The van der Waals surface area contributed by atoms with E-state index in [4.69, 9.17) is 14.9 Å². The number of ether oxygens (including phenoxy) is 1. The first-order valence-corrected chi connectivity index (χ1v) is 6.23. The van der Waals surface area contributed by atoms with Crippen LogP contribution >= 0.6 is 0 Å². The van der Waals surface area contributed by atoms with Crippen molar-refractivity contribution in [1.82, 2.24) is 15.5 Å². The molecule has 8 heteroatoms. The van der Waals surface area contributed by atoms with E-state index in [0.717, 1.165) is 13.1 Å². The van der Waals surface area contributed by atoms with Gasteiger partial charge in [0, 0.05) is 25.7 Å². The maximum Gasteiger partial charge on any atom is 0.328 e. The molecular formula is C11H21N3O5. The van der Waals surface area contributed by atoms with Crippen LogP contribution in [0.2, 0.25) is 0 Å². The Bertz CT molecular complexity index is 307. The van der Waals surface area contributed by atoms with Crippen LogP contribution in [0.15, 0.2) is 0 Å². The molecule has 19 heavy (non-hydrogen) atoms. The van der Waals surface area contributed by atoms with Crippen LogP contribution in [0.1, 0.15) is 6.92 Å². The van der Waals surface area contributed by atoms with Gasteiger partial charge in [-0.1, -0.05) is 0 Å². The Kier molecular flexibility index (Phi) is 6.54. The molecule has 1 saturated heterocycles. The third-order valence-electron chi connectivity index (χ3n) is 2.80. The minimum atomic E-state index is -1.28. The predicted molar refractivity (Wildman–Crippen MR) is 66.9 cm³/mol. The van der Waals surface area contributed by atoms with E-state index >= 15 is 0 Å². The number of rotatable bonds is 6. The average molecular weight is 275 g/mol. The van der Waals surface area contributed by atoms with Gasteiger partial charge in [0.25, 0.3) is 0 Å². The summed E-state index contributed by atoms with van der Waals surface area (Å²) in [5, 5.41) is 22.3. The van der Waals surface area contributed by atoms with E-state index in [1.807, 2.05) is 6.92 Å². The number of hydrogen-bond acceptors (Lipinski definition) is 5. The molecule has 0 aliphatic carbocycles. The summed E-state index contributed by atoms with van der Waals surface area (Å²) in [5.74, 6) is -1.27. The molecule has 0 spiro atoms. The number of aliphatic hydroxyl groups is 1. The predicted octanol–water partition coefficient (Wildman–Crippen LogP) is -1.55. The number of aliphatic carboxylic acids is 1. The molecule has 1 fully saturated rings. The third kappa shape index (κ3) is 5.86. The Hall–Kier alpha value is -1.38. The van der Waals surface area contributed by atoms with Crippen LogP contribution in [0.25, 0.3) is 0 Å². The van der Waals surface area contributed by atoms with E-state index in [1.54, 1.807) is 0 Å². The standard InChI is InChI=1S/C11H21N3O5/c1-8(6-14-2-4-19-5-3-14)12-11(18)13-9(7-15)10(16)17/h8-9,15H,2-7H2,1H3,(H,16,17)(H2,12,13,18). The second kappa shape index (κ2) is 7.93. The Morgan fingerprint density at radius 3 is 2.47 bits per heavy atom. The van der Waals surface area contributed by atoms with Gasteiger partial charge in [0.2, 0.25) is 0 Å². The highest BCUT2D eigenvalue weighted by Crippen LogP contribution is 1.98. The Morgan fingerprint density at radius 2 is 1.95 bits per heavy atom. The molecule has 8 nitrogen and oxygen atoms in total. The molecule has 1 aliphatic rings. The summed E-state index contributed by atoms with van der Waals surface area (Å²) in [4.78, 5) is 24.3. The SMILES string of the molecule is CC(CN1CCOCC1)NC(=O)NC(CO)C(=O)O. The molecule has 2 amide bonds. The van der Waals surface area contributed by atoms with Gasteiger partial charge >= 0.3 is 12.0 Å². The molecule has 2 unspecified atom stereocenters. The van der Waals surface area contributed by atoms with Gasteiger partial charge in [-0.15, -0.1) is 0 Å². The minimum absolute atomic E-state index is 0.119. The lowest BCUT2D eigenvalue weighted by Crippen LogP contribution is -2.52. The van der Waals surface area contributed by atoms with Crippen LogP contribution in [0.5, 0.6) is 0 Å².